The van der Waals surface area contributed by atoms with Gasteiger partial charge in [-0.2, -0.15) is 5.10 Å². The number of pyridine rings is 1. The fourth-order valence-corrected chi connectivity index (χ4v) is 3.79. The number of aromatic nitrogens is 3. The molecule has 2 heterocycles. The zero-order valence-corrected chi connectivity index (χ0v) is 27.2. The van der Waals surface area contributed by atoms with Gasteiger partial charge < -0.3 is 18.9 Å². The fourth-order valence-electron chi connectivity index (χ4n) is 3.79. The number of nitrogens with one attached hydrogen (secondary N) is 2. The van der Waals surface area contributed by atoms with E-state index in [2.05, 4.69) is 25.7 Å². The molecule has 2 aromatic heterocycles. The van der Waals surface area contributed by atoms with Gasteiger partial charge in [-0.15, -0.1) is 0 Å². The van der Waals surface area contributed by atoms with Gasteiger partial charge in [0.25, 0.3) is 0 Å². The van der Waals surface area contributed by atoms with E-state index < -0.39 is 40.9 Å². The van der Waals surface area contributed by atoms with E-state index in [1.54, 1.807) is 81.4 Å². The Bertz CT molecular complexity index is 1590. The van der Waals surface area contributed by atoms with E-state index >= 15 is 0 Å². The van der Waals surface area contributed by atoms with Crippen molar-refractivity contribution in [1.29, 1.82) is 0 Å². The van der Waals surface area contributed by atoms with E-state index in [4.69, 9.17) is 18.9 Å². The lowest BCUT2D eigenvalue weighted by Crippen LogP contribution is -2.47. The molecule has 45 heavy (non-hydrogen) atoms. The number of alkyl carbamates (subject to hydrolysis) is 2. The van der Waals surface area contributed by atoms with E-state index in [1.807, 2.05) is 0 Å². The van der Waals surface area contributed by atoms with Gasteiger partial charge in [0.2, 0.25) is 5.96 Å². The quantitative estimate of drug-likeness (QED) is 0.167. The highest BCUT2D eigenvalue weighted by atomic mass is 16.6. The highest BCUT2D eigenvalue weighted by molar-refractivity contribution is 6.02. The van der Waals surface area contributed by atoms with Gasteiger partial charge in [-0.3, -0.25) is 15.4 Å². The summed E-state index contributed by atoms with van der Waals surface area (Å²) in [5.41, 5.74) is -0.456. The monoisotopic (exact) mass is 624 g/mol. The van der Waals surface area contributed by atoms with Crippen LogP contribution in [-0.2, 0) is 25.4 Å². The van der Waals surface area contributed by atoms with Gasteiger partial charge in [-0.1, -0.05) is 0 Å². The predicted molar refractivity (Wildman–Crippen MR) is 165 cm³/mol. The third-order valence-electron chi connectivity index (χ3n) is 5.32. The van der Waals surface area contributed by atoms with Gasteiger partial charge in [-0.25, -0.2) is 28.9 Å². The summed E-state index contributed by atoms with van der Waals surface area (Å²) in [5, 5.41) is 8.98. The van der Waals surface area contributed by atoms with E-state index in [0.29, 0.717) is 16.9 Å². The maximum Gasteiger partial charge on any atom is 0.414 e. The van der Waals surface area contributed by atoms with Gasteiger partial charge in [-0.05, 0) is 105 Å². The first-order valence-corrected chi connectivity index (χ1v) is 14.1. The van der Waals surface area contributed by atoms with Crippen LogP contribution < -0.4 is 15.4 Å². The Labute approximate surface area is 261 Å². The van der Waals surface area contributed by atoms with Gasteiger partial charge in [0, 0.05) is 0 Å². The second-order valence-electron chi connectivity index (χ2n) is 13.1. The van der Waals surface area contributed by atoms with Gasteiger partial charge in [0.15, 0.2) is 11.4 Å². The zero-order chi connectivity index (χ0) is 33.7. The van der Waals surface area contributed by atoms with Gasteiger partial charge >= 0.3 is 24.1 Å². The third kappa shape index (κ3) is 10.9. The number of benzene rings is 1. The molecular weight excluding hydrogens is 584 g/mol. The lowest BCUT2D eigenvalue weighted by atomic mass is 10.1. The van der Waals surface area contributed by atoms with Crippen molar-refractivity contribution in [2.45, 2.75) is 92.5 Å². The molecule has 0 saturated heterocycles. The third-order valence-corrected chi connectivity index (χ3v) is 5.32. The highest BCUT2D eigenvalue weighted by Crippen LogP contribution is 2.24. The molecule has 0 bridgehead atoms. The molecule has 242 valence electrons. The summed E-state index contributed by atoms with van der Waals surface area (Å²) in [5.74, 6) is -1.22. The van der Waals surface area contributed by atoms with Crippen LogP contribution >= 0.6 is 0 Å². The first-order valence-electron chi connectivity index (χ1n) is 14.1. The largest absolute Gasteiger partial charge is 0.460 e. The van der Waals surface area contributed by atoms with Crippen molar-refractivity contribution < 1.29 is 38.1 Å². The van der Waals surface area contributed by atoms with E-state index in [9.17, 15) is 19.2 Å². The molecule has 0 aliphatic carbocycles. The van der Waals surface area contributed by atoms with E-state index in [-0.39, 0.29) is 29.3 Å². The Hall–Kier alpha value is -5.01. The Morgan fingerprint density at radius 2 is 1.40 bits per heavy atom. The van der Waals surface area contributed by atoms with Crippen molar-refractivity contribution in [3.63, 3.8) is 0 Å². The number of aryl methyl sites for hydroxylation is 1. The summed E-state index contributed by atoms with van der Waals surface area (Å²) in [7, 11) is 0. The minimum atomic E-state index is -0.842. The van der Waals surface area contributed by atoms with Crippen LogP contribution in [0.25, 0.3) is 5.65 Å². The van der Waals surface area contributed by atoms with E-state index in [1.165, 1.54) is 29.0 Å². The number of nitrogens with zero attached hydrogens (tertiary/aromatic N) is 4. The lowest BCUT2D eigenvalue weighted by molar-refractivity contribution is -0.154. The molecule has 3 aromatic rings. The van der Waals surface area contributed by atoms with Gasteiger partial charge in [0.05, 0.1) is 23.4 Å². The van der Waals surface area contributed by atoms with Crippen molar-refractivity contribution >= 4 is 41.4 Å². The molecule has 3 rings (SSSR count). The Morgan fingerprint density at radius 3 is 1.93 bits per heavy atom. The van der Waals surface area contributed by atoms with Gasteiger partial charge in [0.1, 0.15) is 23.1 Å². The molecule has 14 nitrogen and oxygen atoms in total. The molecule has 0 saturated carbocycles. The highest BCUT2D eigenvalue weighted by Gasteiger charge is 2.23. The number of carbonyl (C=O) groups excluding carboxylic acids is 4. The molecule has 0 atom stereocenters. The van der Waals surface area contributed by atoms with Crippen LogP contribution in [-0.4, -0.2) is 61.5 Å². The Morgan fingerprint density at radius 1 is 0.822 bits per heavy atom. The van der Waals surface area contributed by atoms with Crippen molar-refractivity contribution in [2.24, 2.45) is 4.99 Å². The number of carbonyl (C=O) groups is 4. The zero-order valence-electron chi connectivity index (χ0n) is 27.2. The van der Waals surface area contributed by atoms with Crippen LogP contribution in [0.2, 0.25) is 0 Å². The summed E-state index contributed by atoms with van der Waals surface area (Å²) in [4.78, 5) is 58.8. The van der Waals surface area contributed by atoms with Crippen LogP contribution in [0.15, 0.2) is 41.7 Å². The summed E-state index contributed by atoms with van der Waals surface area (Å²) in [6.07, 6.45) is -0.449. The number of guanidine groups is 1. The van der Waals surface area contributed by atoms with Crippen LogP contribution in [0.4, 0.5) is 15.3 Å². The molecule has 2 amide bonds. The van der Waals surface area contributed by atoms with Crippen LogP contribution in [0, 0.1) is 6.92 Å². The summed E-state index contributed by atoms with van der Waals surface area (Å²) < 4.78 is 23.0. The predicted octanol–water partition coefficient (Wildman–Crippen LogP) is 5.18. The second kappa shape index (κ2) is 13.3. The molecular formula is C31H40N6O8. The lowest BCUT2D eigenvalue weighted by Gasteiger charge is -2.22. The van der Waals surface area contributed by atoms with Crippen molar-refractivity contribution in [3.05, 3.63) is 53.5 Å². The molecule has 2 N–H and O–H groups in total. The smallest absolute Gasteiger partial charge is 0.414 e. The SMILES string of the molecule is Cc1cc(N=C(NC(=O)OC(C)(C)C)NC(=O)OC(C)(C)C)ccc1C(=O)Oc1ccc(CC(=O)OC(C)(C)C)n2ncnc12. The number of ether oxygens (including phenoxy) is 4. The number of hydrogen-bond donors (Lipinski definition) is 2. The maximum absolute atomic E-state index is 13.2. The Balaban J connectivity index is 1.82. The number of aliphatic imine (C=N–C) groups is 1. The fraction of sp³-hybridized carbons (Fsp3) is 0.452. The van der Waals surface area contributed by atoms with E-state index in [0.717, 1.165) is 0 Å². The van der Waals surface area contributed by atoms with Crippen molar-refractivity contribution in [1.82, 2.24) is 25.2 Å². The summed E-state index contributed by atoms with van der Waals surface area (Å²) in [6.45, 7) is 17.2. The number of esters is 2. The first kappa shape index (κ1) is 34.5. The van der Waals surface area contributed by atoms with Crippen molar-refractivity contribution in [3.8, 4) is 5.75 Å². The first-order chi connectivity index (χ1) is 20.7. The standard InChI is InChI=1S/C31H40N6O8/c1-18-15-19(34-26(35-27(40)44-30(5,6)7)36-28(41)45-31(8,9)10)11-13-21(18)25(39)42-22-14-12-20(37-24(22)32-17-33-37)16-23(38)43-29(2,3)4/h11-15,17H,16H2,1-10H3,(H2,34,35,36,40,41). The van der Waals surface area contributed by atoms with Crippen molar-refractivity contribution in [2.75, 3.05) is 0 Å². The molecule has 0 fully saturated rings. The minimum absolute atomic E-state index is 0.0556. The number of fused-ring (bicyclic) bond motifs is 1. The normalized spacial score (nSPS) is 11.8. The maximum atomic E-state index is 13.2. The summed E-state index contributed by atoms with van der Waals surface area (Å²) >= 11 is 0. The average Bonchev–Trinajstić information content (AvgIpc) is 3.32. The average molecular weight is 625 g/mol. The molecule has 14 heteroatoms. The second-order valence-corrected chi connectivity index (χ2v) is 13.1. The minimum Gasteiger partial charge on any atom is -0.460 e. The topological polar surface area (TPSA) is 172 Å². The Kier molecular flexibility index (Phi) is 10.2. The molecule has 0 aliphatic rings. The number of hydrogen-bond acceptors (Lipinski definition) is 11. The van der Waals surface area contributed by atoms with Crippen LogP contribution in [0.3, 0.4) is 0 Å². The van der Waals surface area contributed by atoms with Crippen LogP contribution in [0.5, 0.6) is 5.75 Å². The van der Waals surface area contributed by atoms with Crippen LogP contribution in [0.1, 0.15) is 83.9 Å². The molecule has 0 unspecified atom stereocenters. The molecule has 0 aliphatic heterocycles. The summed E-state index contributed by atoms with van der Waals surface area (Å²) in [6, 6.07) is 7.71. The number of amides is 2. The molecule has 1 aromatic carbocycles. The number of rotatable bonds is 5. The molecule has 0 spiro atoms. The molecule has 0 radical (unpaired) electrons.